The molecule has 21 heavy (non-hydrogen) atoms. The van der Waals surface area contributed by atoms with Crippen LogP contribution in [0, 0.1) is 5.92 Å². The molecule has 1 aromatic heterocycles. The standard InChI is InChI=1S/C15H27N3O2S/c1-11(2)15-6-5-7-18(15)21(19,20)14-8-13(9-16)17(10-14)12(3)4/h8,10-12,15H,5-7,9,16H2,1-4H3. The molecule has 0 aliphatic carbocycles. The summed E-state index contributed by atoms with van der Waals surface area (Å²) in [6.07, 6.45) is 3.63. The molecular formula is C15H27N3O2S. The molecule has 0 spiro atoms. The van der Waals surface area contributed by atoms with E-state index in [2.05, 4.69) is 13.8 Å². The Balaban J connectivity index is 2.40. The van der Waals surface area contributed by atoms with Crippen LogP contribution in [0.15, 0.2) is 17.2 Å². The van der Waals surface area contributed by atoms with Gasteiger partial charge in [0.05, 0.1) is 0 Å². The zero-order valence-corrected chi connectivity index (χ0v) is 14.2. The van der Waals surface area contributed by atoms with Gasteiger partial charge >= 0.3 is 0 Å². The van der Waals surface area contributed by atoms with Gasteiger partial charge in [0.15, 0.2) is 0 Å². The van der Waals surface area contributed by atoms with Crippen molar-refractivity contribution in [2.24, 2.45) is 11.7 Å². The monoisotopic (exact) mass is 313 g/mol. The number of rotatable bonds is 5. The van der Waals surface area contributed by atoms with Crippen LogP contribution in [0.3, 0.4) is 0 Å². The molecule has 2 rings (SSSR count). The van der Waals surface area contributed by atoms with Gasteiger partial charge in [0, 0.05) is 37.1 Å². The minimum Gasteiger partial charge on any atom is -0.346 e. The molecule has 0 bridgehead atoms. The molecule has 120 valence electrons. The van der Waals surface area contributed by atoms with Crippen LogP contribution in [-0.4, -0.2) is 29.9 Å². The van der Waals surface area contributed by atoms with Gasteiger partial charge in [0.25, 0.3) is 0 Å². The lowest BCUT2D eigenvalue weighted by Gasteiger charge is -2.26. The molecule has 1 atom stereocenters. The summed E-state index contributed by atoms with van der Waals surface area (Å²) in [7, 11) is -3.42. The molecule has 6 heteroatoms. The average Bonchev–Trinajstić information content (AvgIpc) is 3.05. The first-order valence-electron chi connectivity index (χ1n) is 7.71. The first-order valence-corrected chi connectivity index (χ1v) is 9.15. The van der Waals surface area contributed by atoms with Gasteiger partial charge in [-0.05, 0) is 38.7 Å². The summed E-state index contributed by atoms with van der Waals surface area (Å²) >= 11 is 0. The van der Waals surface area contributed by atoms with Crippen molar-refractivity contribution in [3.8, 4) is 0 Å². The van der Waals surface area contributed by atoms with Gasteiger partial charge in [-0.1, -0.05) is 13.8 Å². The fourth-order valence-corrected chi connectivity index (χ4v) is 5.03. The van der Waals surface area contributed by atoms with Crippen LogP contribution in [0.25, 0.3) is 0 Å². The SMILES string of the molecule is CC(C)C1CCCN1S(=O)(=O)c1cc(CN)n(C(C)C)c1. The predicted molar refractivity (Wildman–Crippen MR) is 84.5 cm³/mol. The Morgan fingerprint density at radius 2 is 2.00 bits per heavy atom. The largest absolute Gasteiger partial charge is 0.346 e. The molecule has 0 amide bonds. The number of nitrogens with zero attached hydrogens (tertiary/aromatic N) is 2. The van der Waals surface area contributed by atoms with E-state index in [1.54, 1.807) is 16.6 Å². The third-order valence-corrected chi connectivity index (χ3v) is 6.19. The lowest BCUT2D eigenvalue weighted by Crippen LogP contribution is -2.38. The Bertz CT molecular complexity index is 590. The van der Waals surface area contributed by atoms with Crippen LogP contribution >= 0.6 is 0 Å². The van der Waals surface area contributed by atoms with Crippen molar-refractivity contribution in [3.05, 3.63) is 18.0 Å². The summed E-state index contributed by atoms with van der Waals surface area (Å²) < 4.78 is 29.5. The highest BCUT2D eigenvalue weighted by Gasteiger charge is 2.37. The van der Waals surface area contributed by atoms with Gasteiger partial charge in [0.2, 0.25) is 10.0 Å². The van der Waals surface area contributed by atoms with E-state index in [0.717, 1.165) is 18.5 Å². The van der Waals surface area contributed by atoms with E-state index in [1.807, 2.05) is 18.4 Å². The van der Waals surface area contributed by atoms with Crippen LogP contribution in [0.5, 0.6) is 0 Å². The molecule has 1 aliphatic rings. The van der Waals surface area contributed by atoms with Crippen molar-refractivity contribution in [2.75, 3.05) is 6.54 Å². The number of aromatic nitrogens is 1. The molecule has 1 unspecified atom stereocenters. The molecule has 1 saturated heterocycles. The summed E-state index contributed by atoms with van der Waals surface area (Å²) in [5, 5.41) is 0. The van der Waals surface area contributed by atoms with Gasteiger partial charge in [-0.2, -0.15) is 4.31 Å². The van der Waals surface area contributed by atoms with E-state index in [-0.39, 0.29) is 12.1 Å². The minimum atomic E-state index is -3.42. The lowest BCUT2D eigenvalue weighted by molar-refractivity contribution is 0.315. The molecule has 0 saturated carbocycles. The normalized spacial score (nSPS) is 20.8. The van der Waals surface area contributed by atoms with E-state index in [0.29, 0.717) is 23.9 Å². The number of sulfonamides is 1. The maximum Gasteiger partial charge on any atom is 0.244 e. The third-order valence-electron chi connectivity index (χ3n) is 4.30. The number of hydrogen-bond donors (Lipinski definition) is 1. The zero-order chi connectivity index (χ0) is 15.8. The summed E-state index contributed by atoms with van der Waals surface area (Å²) in [6.45, 7) is 9.20. The summed E-state index contributed by atoms with van der Waals surface area (Å²) in [5.74, 6) is 0.337. The second-order valence-corrected chi connectivity index (χ2v) is 8.33. The molecule has 2 N–H and O–H groups in total. The summed E-state index contributed by atoms with van der Waals surface area (Å²) in [5.41, 5.74) is 6.61. The average molecular weight is 313 g/mol. The number of nitrogens with two attached hydrogens (primary N) is 1. The van der Waals surface area contributed by atoms with Crippen molar-refractivity contribution in [3.63, 3.8) is 0 Å². The van der Waals surface area contributed by atoms with Crippen molar-refractivity contribution < 1.29 is 8.42 Å². The Hall–Kier alpha value is -0.850. The molecule has 5 nitrogen and oxygen atoms in total. The predicted octanol–water partition coefficient (Wildman–Crippen LogP) is 2.34. The molecule has 1 fully saturated rings. The van der Waals surface area contributed by atoms with Crippen LogP contribution in [0.2, 0.25) is 0 Å². The zero-order valence-electron chi connectivity index (χ0n) is 13.4. The van der Waals surface area contributed by atoms with E-state index in [9.17, 15) is 8.42 Å². The van der Waals surface area contributed by atoms with Crippen LogP contribution < -0.4 is 5.73 Å². The van der Waals surface area contributed by atoms with E-state index in [1.165, 1.54) is 0 Å². The van der Waals surface area contributed by atoms with Crippen molar-refractivity contribution >= 4 is 10.0 Å². The first kappa shape index (κ1) is 16.5. The molecule has 2 heterocycles. The van der Waals surface area contributed by atoms with Gasteiger partial charge in [-0.15, -0.1) is 0 Å². The molecule has 0 aromatic carbocycles. The third kappa shape index (κ3) is 3.03. The maximum absolute atomic E-state index is 12.9. The van der Waals surface area contributed by atoms with Crippen LogP contribution in [0.4, 0.5) is 0 Å². The Labute approximate surface area is 128 Å². The van der Waals surface area contributed by atoms with E-state index < -0.39 is 10.0 Å². The van der Waals surface area contributed by atoms with Crippen molar-refractivity contribution in [2.45, 2.75) is 64.1 Å². The number of hydrogen-bond acceptors (Lipinski definition) is 3. The van der Waals surface area contributed by atoms with E-state index >= 15 is 0 Å². The molecular weight excluding hydrogens is 286 g/mol. The summed E-state index contributed by atoms with van der Waals surface area (Å²) in [4.78, 5) is 0.379. The Morgan fingerprint density at radius 3 is 2.48 bits per heavy atom. The highest BCUT2D eigenvalue weighted by molar-refractivity contribution is 7.89. The smallest absolute Gasteiger partial charge is 0.244 e. The van der Waals surface area contributed by atoms with Gasteiger partial charge in [-0.25, -0.2) is 8.42 Å². The molecule has 1 aromatic rings. The van der Waals surface area contributed by atoms with Gasteiger partial charge in [0.1, 0.15) is 4.90 Å². The second-order valence-electron chi connectivity index (χ2n) is 6.44. The lowest BCUT2D eigenvalue weighted by atomic mass is 10.0. The Morgan fingerprint density at radius 1 is 1.33 bits per heavy atom. The van der Waals surface area contributed by atoms with Crippen LogP contribution in [-0.2, 0) is 16.6 Å². The highest BCUT2D eigenvalue weighted by atomic mass is 32.2. The topological polar surface area (TPSA) is 68.3 Å². The van der Waals surface area contributed by atoms with E-state index in [4.69, 9.17) is 5.73 Å². The minimum absolute atomic E-state index is 0.110. The fraction of sp³-hybridized carbons (Fsp3) is 0.733. The van der Waals surface area contributed by atoms with Crippen molar-refractivity contribution in [1.82, 2.24) is 8.87 Å². The van der Waals surface area contributed by atoms with Crippen molar-refractivity contribution in [1.29, 1.82) is 0 Å². The fourth-order valence-electron chi connectivity index (χ4n) is 3.15. The van der Waals surface area contributed by atoms with Gasteiger partial charge < -0.3 is 10.3 Å². The quantitative estimate of drug-likeness (QED) is 0.907. The Kier molecular flexibility index (Phi) is 4.80. The second kappa shape index (κ2) is 6.10. The summed E-state index contributed by atoms with van der Waals surface area (Å²) in [6, 6.07) is 2.04. The first-order chi connectivity index (χ1) is 9.78. The van der Waals surface area contributed by atoms with Crippen LogP contribution in [0.1, 0.15) is 52.3 Å². The van der Waals surface area contributed by atoms with Gasteiger partial charge in [-0.3, -0.25) is 0 Å². The molecule has 0 radical (unpaired) electrons. The molecule has 1 aliphatic heterocycles. The highest BCUT2D eigenvalue weighted by Crippen LogP contribution is 2.31. The maximum atomic E-state index is 12.9.